The summed E-state index contributed by atoms with van der Waals surface area (Å²) in [5.41, 5.74) is 8.32. The summed E-state index contributed by atoms with van der Waals surface area (Å²) >= 11 is 0. The molecule has 29 heavy (non-hydrogen) atoms. The molecule has 154 valence electrons. The fourth-order valence-corrected chi connectivity index (χ4v) is 2.91. The number of nitrogens with two attached hydrogens (primary N) is 1. The first-order valence-electron chi connectivity index (χ1n) is 8.73. The van der Waals surface area contributed by atoms with Crippen molar-refractivity contribution in [1.29, 1.82) is 0 Å². The maximum Gasteiger partial charge on any atom is 0.323 e. The first kappa shape index (κ1) is 22.3. The number of rotatable bonds is 6. The summed E-state index contributed by atoms with van der Waals surface area (Å²) in [6.45, 7) is 2.00. The van der Waals surface area contributed by atoms with Crippen LogP contribution in [0.25, 0.3) is 0 Å². The Labute approximate surface area is 169 Å². The summed E-state index contributed by atoms with van der Waals surface area (Å²) < 4.78 is 34.8. The molecule has 0 spiro atoms. The molecular formula is C20H23N3O5S. The van der Waals surface area contributed by atoms with Crippen molar-refractivity contribution in [2.75, 3.05) is 0 Å². The van der Waals surface area contributed by atoms with Crippen molar-refractivity contribution in [3.63, 3.8) is 0 Å². The molecule has 0 saturated carbocycles. The van der Waals surface area contributed by atoms with Gasteiger partial charge >= 0.3 is 5.97 Å². The van der Waals surface area contributed by atoms with Gasteiger partial charge in [-0.2, -0.15) is 8.42 Å². The van der Waals surface area contributed by atoms with Gasteiger partial charge in [0.2, 0.25) is 0 Å². The van der Waals surface area contributed by atoms with E-state index in [1.165, 1.54) is 12.1 Å². The summed E-state index contributed by atoms with van der Waals surface area (Å²) in [6.07, 6.45) is 3.59. The van der Waals surface area contributed by atoms with Crippen molar-refractivity contribution >= 4 is 16.1 Å². The van der Waals surface area contributed by atoms with E-state index in [-0.39, 0.29) is 11.5 Å². The molecule has 3 aromatic rings. The first-order chi connectivity index (χ1) is 13.8. The van der Waals surface area contributed by atoms with E-state index in [4.69, 9.17) is 15.0 Å². The van der Waals surface area contributed by atoms with Gasteiger partial charge in [0.15, 0.2) is 0 Å². The number of esters is 1. The first-order valence-corrected chi connectivity index (χ1v) is 10.2. The number of carbonyl (C=O) groups excluding carboxylic acids is 1. The van der Waals surface area contributed by atoms with E-state index in [0.717, 1.165) is 16.8 Å². The smallest absolute Gasteiger partial charge is 0.323 e. The highest BCUT2D eigenvalue weighted by molar-refractivity contribution is 7.85. The summed E-state index contributed by atoms with van der Waals surface area (Å²) in [5, 5.41) is 0. The topological polar surface area (TPSA) is 135 Å². The van der Waals surface area contributed by atoms with Crippen LogP contribution in [0.15, 0.2) is 72.0 Å². The molecule has 8 nitrogen and oxygen atoms in total. The van der Waals surface area contributed by atoms with Crippen molar-refractivity contribution in [2.45, 2.75) is 30.9 Å². The molecule has 0 radical (unpaired) electrons. The van der Waals surface area contributed by atoms with Gasteiger partial charge in [0, 0.05) is 18.3 Å². The molecule has 0 fully saturated rings. The Kier molecular flexibility index (Phi) is 8.08. The minimum atomic E-state index is -4.03. The molecule has 0 saturated heterocycles. The third kappa shape index (κ3) is 7.86. The predicted octanol–water partition coefficient (Wildman–Crippen LogP) is 2.26. The third-order valence-corrected chi connectivity index (χ3v) is 4.66. The molecule has 9 heteroatoms. The number of ether oxygens (including phenoxy) is 1. The normalized spacial score (nSPS) is 11.8. The van der Waals surface area contributed by atoms with Crippen molar-refractivity contribution in [1.82, 2.24) is 9.97 Å². The van der Waals surface area contributed by atoms with Gasteiger partial charge in [-0.05, 0) is 30.2 Å². The van der Waals surface area contributed by atoms with Crippen LogP contribution in [0.2, 0.25) is 0 Å². The van der Waals surface area contributed by atoms with Gasteiger partial charge in [-0.3, -0.25) is 9.35 Å². The van der Waals surface area contributed by atoms with Gasteiger partial charge in [0.25, 0.3) is 10.1 Å². The lowest BCUT2D eigenvalue weighted by Crippen LogP contribution is -2.34. The van der Waals surface area contributed by atoms with Crippen molar-refractivity contribution in [3.8, 4) is 0 Å². The van der Waals surface area contributed by atoms with E-state index in [9.17, 15) is 13.2 Å². The van der Waals surface area contributed by atoms with Gasteiger partial charge in [0.05, 0.1) is 11.2 Å². The Morgan fingerprint density at radius 2 is 1.93 bits per heavy atom. The largest absolute Gasteiger partial charge is 0.460 e. The zero-order chi connectivity index (χ0) is 21.3. The highest BCUT2D eigenvalue weighted by Crippen LogP contribution is 2.09. The van der Waals surface area contributed by atoms with Crippen molar-refractivity contribution in [2.24, 2.45) is 5.73 Å². The Morgan fingerprint density at radius 3 is 2.48 bits per heavy atom. The Balaban J connectivity index is 0.000000234. The van der Waals surface area contributed by atoms with Gasteiger partial charge in [0.1, 0.15) is 12.6 Å². The SMILES string of the molecule is Cc1cccc(S(=O)(=O)O)c1.N[C@@H](Cc1cnc[nH]1)C(=O)OCc1ccccc1. The van der Waals surface area contributed by atoms with E-state index < -0.39 is 22.1 Å². The average Bonchev–Trinajstić information content (AvgIpc) is 3.20. The Bertz CT molecular complexity index is 1010. The van der Waals surface area contributed by atoms with Crippen LogP contribution in [0.5, 0.6) is 0 Å². The Morgan fingerprint density at radius 1 is 1.21 bits per heavy atom. The molecule has 0 aliphatic rings. The molecule has 1 aromatic heterocycles. The van der Waals surface area contributed by atoms with Gasteiger partial charge in [-0.15, -0.1) is 0 Å². The van der Waals surface area contributed by atoms with Crippen molar-refractivity contribution < 1.29 is 22.5 Å². The molecule has 3 rings (SSSR count). The predicted molar refractivity (Wildman–Crippen MR) is 107 cm³/mol. The standard InChI is InChI=1S/C13H15N3O2.C7H8O3S/c14-12(6-11-7-15-9-16-11)13(17)18-8-10-4-2-1-3-5-10;1-6-3-2-4-7(5-6)11(8,9)10/h1-5,7,9,12H,6,8,14H2,(H,15,16);2-5H,1H3,(H,8,9,10)/t12-;/m0./s1. The molecule has 2 aromatic carbocycles. The lowest BCUT2D eigenvalue weighted by Gasteiger charge is -2.10. The van der Waals surface area contributed by atoms with Gasteiger partial charge in [-0.25, -0.2) is 4.98 Å². The van der Waals surface area contributed by atoms with Crippen LogP contribution in [0.3, 0.4) is 0 Å². The molecule has 0 aliphatic heterocycles. The Hall–Kier alpha value is -3.01. The summed E-state index contributed by atoms with van der Waals surface area (Å²) in [4.78, 5) is 18.4. The number of nitrogens with one attached hydrogen (secondary N) is 1. The number of imidazole rings is 1. The quantitative estimate of drug-likeness (QED) is 0.413. The average molecular weight is 417 g/mol. The lowest BCUT2D eigenvalue weighted by molar-refractivity contribution is -0.146. The van der Waals surface area contributed by atoms with Crippen LogP contribution in [-0.4, -0.2) is 34.9 Å². The maximum absolute atomic E-state index is 11.7. The van der Waals surface area contributed by atoms with E-state index in [0.29, 0.717) is 6.42 Å². The minimum absolute atomic E-state index is 0.0579. The van der Waals surface area contributed by atoms with E-state index >= 15 is 0 Å². The number of aromatic nitrogens is 2. The van der Waals surface area contributed by atoms with Crippen molar-refractivity contribution in [3.05, 3.63) is 83.9 Å². The van der Waals surface area contributed by atoms with E-state index in [1.807, 2.05) is 30.3 Å². The third-order valence-electron chi connectivity index (χ3n) is 3.81. The zero-order valence-corrected chi connectivity index (χ0v) is 16.7. The molecular weight excluding hydrogens is 394 g/mol. The maximum atomic E-state index is 11.7. The number of carbonyl (C=O) groups is 1. The zero-order valence-electron chi connectivity index (χ0n) is 15.9. The highest BCUT2D eigenvalue weighted by Gasteiger charge is 2.16. The summed E-state index contributed by atoms with van der Waals surface area (Å²) in [6, 6.07) is 14.9. The molecule has 0 bridgehead atoms. The summed E-state index contributed by atoms with van der Waals surface area (Å²) in [7, 11) is -4.03. The number of hydrogen-bond acceptors (Lipinski definition) is 6. The second-order valence-electron chi connectivity index (χ2n) is 6.27. The number of benzene rings is 2. The van der Waals surface area contributed by atoms with Gasteiger partial charge in [-0.1, -0.05) is 42.5 Å². The molecule has 0 aliphatic carbocycles. The van der Waals surface area contributed by atoms with Crippen LogP contribution in [0.1, 0.15) is 16.8 Å². The van der Waals surface area contributed by atoms with Crippen LogP contribution in [0, 0.1) is 6.92 Å². The van der Waals surface area contributed by atoms with Crippen LogP contribution < -0.4 is 5.73 Å². The summed E-state index contributed by atoms with van der Waals surface area (Å²) in [5.74, 6) is -0.409. The van der Waals surface area contributed by atoms with Crippen LogP contribution in [-0.2, 0) is 32.7 Å². The second-order valence-corrected chi connectivity index (χ2v) is 7.69. The number of H-pyrrole nitrogens is 1. The molecule has 0 amide bonds. The number of aryl methyl sites for hydroxylation is 1. The fourth-order valence-electron chi connectivity index (χ4n) is 2.33. The number of aromatic amines is 1. The van der Waals surface area contributed by atoms with Crippen LogP contribution in [0.4, 0.5) is 0 Å². The van der Waals surface area contributed by atoms with E-state index in [2.05, 4.69) is 9.97 Å². The molecule has 1 heterocycles. The lowest BCUT2D eigenvalue weighted by atomic mass is 10.2. The van der Waals surface area contributed by atoms with Crippen LogP contribution >= 0.6 is 0 Å². The minimum Gasteiger partial charge on any atom is -0.460 e. The highest BCUT2D eigenvalue weighted by atomic mass is 32.2. The molecule has 1 atom stereocenters. The fraction of sp³-hybridized carbons (Fsp3) is 0.200. The molecule has 0 unspecified atom stereocenters. The number of nitrogens with zero attached hydrogens (tertiary/aromatic N) is 1. The molecule has 4 N–H and O–H groups in total. The van der Waals surface area contributed by atoms with Gasteiger partial charge < -0.3 is 15.5 Å². The monoisotopic (exact) mass is 417 g/mol. The van der Waals surface area contributed by atoms with E-state index in [1.54, 1.807) is 31.6 Å². The number of hydrogen-bond donors (Lipinski definition) is 3. The second kappa shape index (κ2) is 10.5.